The van der Waals surface area contributed by atoms with Crippen LogP contribution in [0.4, 0.5) is 0 Å². The van der Waals surface area contributed by atoms with Crippen LogP contribution in [0.25, 0.3) is 11.4 Å². The van der Waals surface area contributed by atoms with Gasteiger partial charge in [0.2, 0.25) is 5.16 Å². The van der Waals surface area contributed by atoms with Crippen LogP contribution in [0.1, 0.15) is 12.0 Å². The van der Waals surface area contributed by atoms with Gasteiger partial charge in [-0.2, -0.15) is 0 Å². The summed E-state index contributed by atoms with van der Waals surface area (Å²) in [6.45, 7) is 0. The number of rotatable bonds is 6. The lowest BCUT2D eigenvalue weighted by molar-refractivity contribution is 0.843. The van der Waals surface area contributed by atoms with Gasteiger partial charge in [0.15, 0.2) is 5.82 Å². The van der Waals surface area contributed by atoms with Crippen LogP contribution < -0.4 is 5.84 Å². The van der Waals surface area contributed by atoms with E-state index in [0.717, 1.165) is 29.3 Å². The van der Waals surface area contributed by atoms with Gasteiger partial charge in [0.05, 0.1) is 0 Å². The molecule has 0 bridgehead atoms. The first-order valence-corrected chi connectivity index (χ1v) is 8.11. The molecule has 0 spiro atoms. The van der Waals surface area contributed by atoms with E-state index < -0.39 is 0 Å². The van der Waals surface area contributed by atoms with Gasteiger partial charge >= 0.3 is 0 Å². The first-order chi connectivity index (χ1) is 10.8. The molecule has 0 saturated heterocycles. The van der Waals surface area contributed by atoms with Crippen LogP contribution in [0.2, 0.25) is 0 Å². The van der Waals surface area contributed by atoms with Gasteiger partial charge in [-0.1, -0.05) is 42.1 Å². The molecule has 0 aliphatic rings. The zero-order chi connectivity index (χ0) is 15.2. The Labute approximate surface area is 133 Å². The zero-order valence-corrected chi connectivity index (χ0v) is 12.9. The van der Waals surface area contributed by atoms with Crippen molar-refractivity contribution < 1.29 is 0 Å². The van der Waals surface area contributed by atoms with E-state index in [1.54, 1.807) is 24.2 Å². The predicted molar refractivity (Wildman–Crippen MR) is 88.9 cm³/mol. The quantitative estimate of drug-likeness (QED) is 0.430. The van der Waals surface area contributed by atoms with E-state index in [1.165, 1.54) is 10.2 Å². The van der Waals surface area contributed by atoms with Gasteiger partial charge in [0.1, 0.15) is 0 Å². The van der Waals surface area contributed by atoms with Gasteiger partial charge in [-0.25, -0.2) is 4.68 Å². The molecule has 0 radical (unpaired) electrons. The second kappa shape index (κ2) is 7.09. The number of thioether (sulfide) groups is 1. The summed E-state index contributed by atoms with van der Waals surface area (Å²) in [5, 5.41) is 9.04. The van der Waals surface area contributed by atoms with E-state index in [0.29, 0.717) is 5.82 Å². The van der Waals surface area contributed by atoms with Crippen molar-refractivity contribution in [2.24, 2.45) is 0 Å². The molecule has 0 saturated carbocycles. The molecule has 0 aliphatic carbocycles. The average molecular weight is 311 g/mol. The van der Waals surface area contributed by atoms with Crippen LogP contribution in [0.15, 0.2) is 60.0 Å². The first-order valence-electron chi connectivity index (χ1n) is 7.12. The maximum Gasteiger partial charge on any atom is 0.210 e. The number of pyridine rings is 1. The van der Waals surface area contributed by atoms with Crippen LogP contribution >= 0.6 is 11.8 Å². The Bertz CT molecular complexity index is 712. The van der Waals surface area contributed by atoms with Crippen molar-refractivity contribution in [3.63, 3.8) is 0 Å². The molecule has 22 heavy (non-hydrogen) atoms. The van der Waals surface area contributed by atoms with Crippen molar-refractivity contribution in [1.29, 1.82) is 0 Å². The third-order valence-corrected chi connectivity index (χ3v) is 4.30. The normalized spacial score (nSPS) is 10.7. The van der Waals surface area contributed by atoms with Gasteiger partial charge in [0.25, 0.3) is 0 Å². The molecule has 0 unspecified atom stereocenters. The third kappa shape index (κ3) is 3.46. The molecular weight excluding hydrogens is 294 g/mol. The van der Waals surface area contributed by atoms with Crippen LogP contribution in [-0.2, 0) is 6.42 Å². The molecule has 2 heterocycles. The standard InChI is InChI=1S/C16H17N5S/c17-21-15(14-9-4-10-18-12-14)19-20-16(21)22-11-5-8-13-6-2-1-3-7-13/h1-4,6-7,9-10,12H,5,8,11,17H2. The SMILES string of the molecule is Nn1c(SCCCc2ccccc2)nnc1-c1cccnc1. The van der Waals surface area contributed by atoms with Crippen LogP contribution in [0, 0.1) is 0 Å². The van der Waals surface area contributed by atoms with E-state index in [4.69, 9.17) is 5.84 Å². The van der Waals surface area contributed by atoms with Crippen molar-refractivity contribution in [2.75, 3.05) is 11.6 Å². The van der Waals surface area contributed by atoms with E-state index in [9.17, 15) is 0 Å². The summed E-state index contributed by atoms with van der Waals surface area (Å²) in [5.74, 6) is 7.67. The fraction of sp³-hybridized carbons (Fsp3) is 0.188. The van der Waals surface area contributed by atoms with Crippen molar-refractivity contribution in [3.8, 4) is 11.4 Å². The molecule has 2 aromatic heterocycles. The second-order valence-electron chi connectivity index (χ2n) is 4.86. The number of aryl methyl sites for hydroxylation is 1. The molecular formula is C16H17N5S. The summed E-state index contributed by atoms with van der Waals surface area (Å²) < 4.78 is 1.53. The van der Waals surface area contributed by atoms with Crippen LogP contribution in [-0.4, -0.2) is 25.6 Å². The minimum atomic E-state index is 0.638. The molecule has 0 aliphatic heterocycles. The predicted octanol–water partition coefficient (Wildman–Crippen LogP) is 2.78. The van der Waals surface area contributed by atoms with Crippen LogP contribution in [0.3, 0.4) is 0 Å². The van der Waals surface area contributed by atoms with E-state index >= 15 is 0 Å². The number of nitrogens with zero attached hydrogens (tertiary/aromatic N) is 4. The Hall–Kier alpha value is -2.34. The van der Waals surface area contributed by atoms with Gasteiger partial charge in [-0.3, -0.25) is 4.98 Å². The Morgan fingerprint density at radius 3 is 2.68 bits per heavy atom. The highest BCUT2D eigenvalue weighted by Crippen LogP contribution is 2.21. The lowest BCUT2D eigenvalue weighted by Gasteiger charge is -2.03. The smallest absolute Gasteiger partial charge is 0.210 e. The summed E-state index contributed by atoms with van der Waals surface area (Å²) in [6, 6.07) is 14.3. The first kappa shape index (κ1) is 14.6. The topological polar surface area (TPSA) is 69.6 Å². The number of nitrogen functional groups attached to an aromatic ring is 1. The third-order valence-electron chi connectivity index (χ3n) is 3.27. The Morgan fingerprint density at radius 1 is 1.05 bits per heavy atom. The summed E-state index contributed by atoms with van der Waals surface area (Å²) in [4.78, 5) is 4.08. The van der Waals surface area contributed by atoms with E-state index in [-0.39, 0.29) is 0 Å². The highest BCUT2D eigenvalue weighted by Gasteiger charge is 2.11. The number of benzene rings is 1. The van der Waals surface area contributed by atoms with E-state index in [2.05, 4.69) is 39.4 Å². The summed E-state index contributed by atoms with van der Waals surface area (Å²) in [5.41, 5.74) is 2.22. The molecule has 1 aromatic carbocycles. The molecule has 2 N–H and O–H groups in total. The van der Waals surface area contributed by atoms with Gasteiger partial charge in [0, 0.05) is 23.7 Å². The summed E-state index contributed by atoms with van der Waals surface area (Å²) in [7, 11) is 0. The number of hydrogen-bond donors (Lipinski definition) is 1. The molecule has 3 rings (SSSR count). The number of nitrogens with two attached hydrogens (primary N) is 1. The van der Waals surface area contributed by atoms with Gasteiger partial charge in [-0.15, -0.1) is 10.2 Å². The molecule has 5 nitrogen and oxygen atoms in total. The van der Waals surface area contributed by atoms with Gasteiger partial charge < -0.3 is 5.84 Å². The fourth-order valence-electron chi connectivity index (χ4n) is 2.15. The fourth-order valence-corrected chi connectivity index (χ4v) is 2.95. The highest BCUT2D eigenvalue weighted by molar-refractivity contribution is 7.99. The van der Waals surface area contributed by atoms with E-state index in [1.807, 2.05) is 18.2 Å². The summed E-state index contributed by atoms with van der Waals surface area (Å²) >= 11 is 1.63. The van der Waals surface area contributed by atoms with Crippen molar-refractivity contribution in [1.82, 2.24) is 19.9 Å². The number of aromatic nitrogens is 4. The van der Waals surface area contributed by atoms with Gasteiger partial charge in [-0.05, 0) is 30.5 Å². The zero-order valence-electron chi connectivity index (χ0n) is 12.1. The lowest BCUT2D eigenvalue weighted by atomic mass is 10.1. The Kier molecular flexibility index (Phi) is 4.70. The molecule has 0 amide bonds. The Balaban J connectivity index is 1.57. The lowest BCUT2D eigenvalue weighted by Crippen LogP contribution is -2.11. The van der Waals surface area contributed by atoms with Crippen molar-refractivity contribution in [2.45, 2.75) is 18.0 Å². The Morgan fingerprint density at radius 2 is 1.91 bits per heavy atom. The average Bonchev–Trinajstić information content (AvgIpc) is 2.94. The number of hydrogen-bond acceptors (Lipinski definition) is 5. The minimum absolute atomic E-state index is 0.638. The second-order valence-corrected chi connectivity index (χ2v) is 5.92. The summed E-state index contributed by atoms with van der Waals surface area (Å²) in [6.07, 6.45) is 5.59. The van der Waals surface area contributed by atoms with Crippen molar-refractivity contribution >= 4 is 11.8 Å². The monoisotopic (exact) mass is 311 g/mol. The maximum absolute atomic E-state index is 6.07. The highest BCUT2D eigenvalue weighted by atomic mass is 32.2. The largest absolute Gasteiger partial charge is 0.335 e. The molecule has 0 atom stereocenters. The maximum atomic E-state index is 6.07. The van der Waals surface area contributed by atoms with Crippen LogP contribution in [0.5, 0.6) is 0 Å². The molecule has 3 aromatic rings. The molecule has 6 heteroatoms. The van der Waals surface area contributed by atoms with Crippen molar-refractivity contribution in [3.05, 3.63) is 60.4 Å². The minimum Gasteiger partial charge on any atom is -0.335 e. The molecule has 0 fully saturated rings. The molecule has 112 valence electrons.